The maximum Gasteiger partial charge on any atom is 0.323 e. The number of hydrogen-bond donors (Lipinski definition) is 1. The van der Waals surface area contributed by atoms with Crippen LogP contribution in [0.25, 0.3) is 0 Å². The number of likely N-dealkylation sites (N-methyl/N-ethyl adjacent to an activating group) is 1. The molecule has 8 atom stereocenters. The Balaban J connectivity index is 1.40. The van der Waals surface area contributed by atoms with Crippen LogP contribution in [0.4, 0.5) is 0 Å². The van der Waals surface area contributed by atoms with Gasteiger partial charge in [-0.3, -0.25) is 9.59 Å². The van der Waals surface area contributed by atoms with Crippen LogP contribution < -0.4 is 0 Å². The van der Waals surface area contributed by atoms with Crippen LogP contribution in [0, 0.1) is 46.3 Å². The van der Waals surface area contributed by atoms with Gasteiger partial charge >= 0.3 is 5.97 Å². The Hall–Kier alpha value is -1.06. The molecule has 4 aliphatic carbocycles. The van der Waals surface area contributed by atoms with Crippen LogP contribution in [0.1, 0.15) is 97.8 Å². The van der Waals surface area contributed by atoms with Gasteiger partial charge in [0.25, 0.3) is 0 Å². The molecule has 0 aromatic carbocycles. The molecule has 1 unspecified atom stereocenters. The van der Waals surface area contributed by atoms with E-state index in [1.165, 1.54) is 69.1 Å². The van der Waals surface area contributed by atoms with Crippen LogP contribution in [0.3, 0.4) is 0 Å². The van der Waals surface area contributed by atoms with Gasteiger partial charge in [-0.1, -0.05) is 33.6 Å². The van der Waals surface area contributed by atoms with E-state index in [-0.39, 0.29) is 12.5 Å². The normalized spacial score (nSPS) is 42.8. The maximum atomic E-state index is 12.4. The van der Waals surface area contributed by atoms with Crippen molar-refractivity contribution in [1.82, 2.24) is 4.90 Å². The lowest BCUT2D eigenvalue weighted by Crippen LogP contribution is -2.53. The fourth-order valence-electron chi connectivity index (χ4n) is 9.30. The third kappa shape index (κ3) is 4.06. The van der Waals surface area contributed by atoms with Gasteiger partial charge in [0.2, 0.25) is 5.91 Å². The van der Waals surface area contributed by atoms with Crippen molar-refractivity contribution in [3.8, 4) is 0 Å². The Kier molecular flexibility index (Phi) is 6.49. The van der Waals surface area contributed by atoms with Crippen molar-refractivity contribution in [3.05, 3.63) is 0 Å². The molecular weight excluding hydrogens is 386 g/mol. The molecular formula is C27H45NO3. The Labute approximate surface area is 189 Å². The predicted octanol–water partition coefficient (Wildman–Crippen LogP) is 5.99. The van der Waals surface area contributed by atoms with E-state index >= 15 is 0 Å². The highest BCUT2D eigenvalue weighted by Gasteiger charge is 2.60. The van der Waals surface area contributed by atoms with Gasteiger partial charge in [0.15, 0.2) is 0 Å². The van der Waals surface area contributed by atoms with Crippen molar-refractivity contribution < 1.29 is 14.7 Å². The number of nitrogens with zero attached hydrogens (tertiary/aromatic N) is 1. The quantitative estimate of drug-likeness (QED) is 0.561. The molecule has 4 saturated carbocycles. The average molecular weight is 432 g/mol. The van der Waals surface area contributed by atoms with Gasteiger partial charge in [0.05, 0.1) is 0 Å². The summed E-state index contributed by atoms with van der Waals surface area (Å²) >= 11 is 0. The monoisotopic (exact) mass is 431 g/mol. The SMILES string of the molecule is C[C@H](CCC(=O)N(C)CC(=O)O)[C@H]1CC[C@H]2[C@@H]3CCC4CCCC[C@]4(C)[C@H]3CC[C@]12C. The maximum absolute atomic E-state index is 12.4. The molecule has 0 aromatic heterocycles. The molecule has 0 heterocycles. The van der Waals surface area contributed by atoms with E-state index in [2.05, 4.69) is 20.8 Å². The van der Waals surface area contributed by atoms with Gasteiger partial charge in [-0.25, -0.2) is 0 Å². The van der Waals surface area contributed by atoms with Gasteiger partial charge in [0, 0.05) is 13.5 Å². The van der Waals surface area contributed by atoms with E-state index in [0.717, 1.165) is 30.1 Å². The highest BCUT2D eigenvalue weighted by Crippen LogP contribution is 2.68. The van der Waals surface area contributed by atoms with E-state index < -0.39 is 5.97 Å². The molecule has 4 fully saturated rings. The van der Waals surface area contributed by atoms with Gasteiger partial charge in [-0.2, -0.15) is 0 Å². The van der Waals surface area contributed by atoms with Crippen LogP contribution in [-0.4, -0.2) is 35.5 Å². The zero-order valence-electron chi connectivity index (χ0n) is 20.4. The van der Waals surface area contributed by atoms with Crippen LogP contribution >= 0.6 is 0 Å². The third-order valence-corrected chi connectivity index (χ3v) is 11.0. The first kappa shape index (κ1) is 23.1. The van der Waals surface area contributed by atoms with Crippen molar-refractivity contribution in [2.24, 2.45) is 46.3 Å². The fraction of sp³-hybridized carbons (Fsp3) is 0.926. The van der Waals surface area contributed by atoms with Crippen LogP contribution in [0.15, 0.2) is 0 Å². The summed E-state index contributed by atoms with van der Waals surface area (Å²) in [5.41, 5.74) is 1.04. The summed E-state index contributed by atoms with van der Waals surface area (Å²) < 4.78 is 0. The number of rotatable bonds is 6. The van der Waals surface area contributed by atoms with Crippen molar-refractivity contribution in [2.75, 3.05) is 13.6 Å². The summed E-state index contributed by atoms with van der Waals surface area (Å²) in [6, 6.07) is 0. The number of carbonyl (C=O) groups is 2. The first-order valence-electron chi connectivity index (χ1n) is 13.1. The molecule has 1 amide bonds. The number of hydrogen-bond acceptors (Lipinski definition) is 2. The summed E-state index contributed by atoms with van der Waals surface area (Å²) in [7, 11) is 1.61. The Morgan fingerprint density at radius 1 is 0.968 bits per heavy atom. The van der Waals surface area contributed by atoms with Crippen molar-refractivity contribution in [1.29, 1.82) is 0 Å². The zero-order chi connectivity index (χ0) is 22.4. The van der Waals surface area contributed by atoms with Gasteiger partial charge in [0.1, 0.15) is 6.54 Å². The van der Waals surface area contributed by atoms with E-state index in [4.69, 9.17) is 5.11 Å². The topological polar surface area (TPSA) is 57.6 Å². The summed E-state index contributed by atoms with van der Waals surface area (Å²) in [6.07, 6.45) is 15.7. The number of aliphatic carboxylic acids is 1. The molecule has 0 bridgehead atoms. The summed E-state index contributed by atoms with van der Waals surface area (Å²) in [4.78, 5) is 24.6. The minimum absolute atomic E-state index is 0.0267. The van der Waals surface area contributed by atoms with Crippen molar-refractivity contribution in [2.45, 2.75) is 97.8 Å². The second-order valence-corrected chi connectivity index (χ2v) is 12.3. The highest BCUT2D eigenvalue weighted by molar-refractivity contribution is 5.80. The predicted molar refractivity (Wildman–Crippen MR) is 124 cm³/mol. The molecule has 176 valence electrons. The molecule has 31 heavy (non-hydrogen) atoms. The van der Waals surface area contributed by atoms with Gasteiger partial charge in [-0.15, -0.1) is 0 Å². The first-order valence-corrected chi connectivity index (χ1v) is 13.1. The largest absolute Gasteiger partial charge is 0.480 e. The lowest BCUT2D eigenvalue weighted by atomic mass is 9.44. The fourth-order valence-corrected chi connectivity index (χ4v) is 9.30. The first-order chi connectivity index (χ1) is 14.7. The standard InChI is InChI=1S/C27H45NO3/c1-18(8-13-24(29)28(4)17-25(30)31)21-11-12-22-20-10-9-19-7-5-6-15-26(19,2)23(20)14-16-27(21,22)3/h18-23H,5-17H2,1-4H3,(H,30,31)/t18-,19?,20+,21-,22+,23+,26+,27-/m1/s1. The minimum atomic E-state index is -0.937. The minimum Gasteiger partial charge on any atom is -0.480 e. The van der Waals surface area contributed by atoms with E-state index in [9.17, 15) is 9.59 Å². The molecule has 0 saturated heterocycles. The molecule has 0 radical (unpaired) electrons. The molecule has 4 aliphatic rings. The molecule has 0 spiro atoms. The Bertz CT molecular complexity index is 692. The second kappa shape index (κ2) is 8.71. The number of carboxylic acids is 1. The number of fused-ring (bicyclic) bond motifs is 5. The Morgan fingerprint density at radius 3 is 2.45 bits per heavy atom. The summed E-state index contributed by atoms with van der Waals surface area (Å²) in [5.74, 6) is 4.03. The zero-order valence-corrected chi connectivity index (χ0v) is 20.4. The molecule has 4 nitrogen and oxygen atoms in total. The molecule has 4 rings (SSSR count). The van der Waals surface area contributed by atoms with E-state index in [1.807, 2.05) is 0 Å². The third-order valence-electron chi connectivity index (χ3n) is 11.0. The summed E-state index contributed by atoms with van der Waals surface area (Å²) in [6.45, 7) is 7.41. The Morgan fingerprint density at radius 2 is 1.71 bits per heavy atom. The van der Waals surface area contributed by atoms with Crippen molar-refractivity contribution in [3.63, 3.8) is 0 Å². The van der Waals surface area contributed by atoms with Crippen LogP contribution in [0.2, 0.25) is 0 Å². The van der Waals surface area contributed by atoms with Crippen LogP contribution in [-0.2, 0) is 9.59 Å². The number of carbonyl (C=O) groups excluding carboxylic acids is 1. The molecule has 0 aromatic rings. The average Bonchev–Trinajstić information content (AvgIpc) is 3.08. The summed E-state index contributed by atoms with van der Waals surface area (Å²) in [5, 5.41) is 8.94. The van der Waals surface area contributed by atoms with Crippen molar-refractivity contribution >= 4 is 11.9 Å². The highest BCUT2D eigenvalue weighted by atomic mass is 16.4. The lowest BCUT2D eigenvalue weighted by molar-refractivity contribution is -0.143. The lowest BCUT2D eigenvalue weighted by Gasteiger charge is -2.61. The van der Waals surface area contributed by atoms with Crippen LogP contribution in [0.5, 0.6) is 0 Å². The smallest absolute Gasteiger partial charge is 0.323 e. The van der Waals surface area contributed by atoms with E-state index in [0.29, 0.717) is 29.1 Å². The molecule has 0 aliphatic heterocycles. The molecule has 4 heteroatoms. The van der Waals surface area contributed by atoms with Gasteiger partial charge < -0.3 is 10.0 Å². The molecule has 1 N–H and O–H groups in total. The van der Waals surface area contributed by atoms with E-state index in [1.54, 1.807) is 7.05 Å². The second-order valence-electron chi connectivity index (χ2n) is 12.3. The van der Waals surface area contributed by atoms with Gasteiger partial charge in [-0.05, 0) is 104 Å². The number of amides is 1. The number of carboxylic acid groups (broad SMARTS) is 1.